The molecular formula is C15H21N3O2. The Morgan fingerprint density at radius 2 is 2.20 bits per heavy atom. The van der Waals surface area contributed by atoms with Crippen LogP contribution in [0.5, 0.6) is 5.75 Å². The summed E-state index contributed by atoms with van der Waals surface area (Å²) in [7, 11) is 0. The van der Waals surface area contributed by atoms with E-state index in [4.69, 9.17) is 4.74 Å². The molecule has 1 aliphatic carbocycles. The minimum atomic E-state index is 0.0922. The van der Waals surface area contributed by atoms with Crippen LogP contribution in [0.1, 0.15) is 25.7 Å². The predicted molar refractivity (Wildman–Crippen MR) is 75.6 cm³/mol. The lowest BCUT2D eigenvalue weighted by Gasteiger charge is -2.39. The fourth-order valence-corrected chi connectivity index (χ4v) is 2.82. The standard InChI is InChI=1S/C15H21N3O2/c19-15(17-13-4-1-2-5-13)18-9-12(10-18)11-20-14-6-3-7-16-8-14/h3,6-8,12-13H,1-2,4-5,9-11H2,(H,17,19). The third-order valence-corrected chi connectivity index (χ3v) is 4.05. The average Bonchev–Trinajstić information content (AvgIpc) is 2.91. The second kappa shape index (κ2) is 6.11. The minimum absolute atomic E-state index is 0.0922. The molecule has 3 rings (SSSR count). The fourth-order valence-electron chi connectivity index (χ4n) is 2.82. The molecule has 2 amide bonds. The molecule has 2 fully saturated rings. The molecule has 0 atom stereocenters. The zero-order chi connectivity index (χ0) is 13.8. The first-order valence-electron chi connectivity index (χ1n) is 7.39. The fraction of sp³-hybridized carbons (Fsp3) is 0.600. The number of pyridine rings is 1. The molecule has 1 saturated carbocycles. The van der Waals surface area contributed by atoms with E-state index in [0.29, 0.717) is 18.6 Å². The Morgan fingerprint density at radius 3 is 2.90 bits per heavy atom. The van der Waals surface area contributed by atoms with Crippen molar-refractivity contribution in [2.75, 3.05) is 19.7 Å². The summed E-state index contributed by atoms with van der Waals surface area (Å²) in [4.78, 5) is 17.8. The van der Waals surface area contributed by atoms with Crippen LogP contribution in [0, 0.1) is 5.92 Å². The van der Waals surface area contributed by atoms with Gasteiger partial charge in [0, 0.05) is 31.2 Å². The molecule has 2 heterocycles. The van der Waals surface area contributed by atoms with Crippen molar-refractivity contribution in [1.82, 2.24) is 15.2 Å². The van der Waals surface area contributed by atoms with Crippen LogP contribution in [0.2, 0.25) is 0 Å². The third-order valence-electron chi connectivity index (χ3n) is 4.05. The van der Waals surface area contributed by atoms with Gasteiger partial charge in [-0.15, -0.1) is 0 Å². The van der Waals surface area contributed by atoms with Gasteiger partial charge in [-0.3, -0.25) is 4.98 Å². The average molecular weight is 275 g/mol. The highest BCUT2D eigenvalue weighted by Crippen LogP contribution is 2.21. The molecule has 1 aliphatic heterocycles. The van der Waals surface area contributed by atoms with Gasteiger partial charge in [0.25, 0.3) is 0 Å². The zero-order valence-electron chi connectivity index (χ0n) is 11.6. The number of urea groups is 1. The Hall–Kier alpha value is -1.78. The lowest BCUT2D eigenvalue weighted by Crippen LogP contribution is -2.56. The molecule has 20 heavy (non-hydrogen) atoms. The van der Waals surface area contributed by atoms with Crippen molar-refractivity contribution < 1.29 is 9.53 Å². The van der Waals surface area contributed by atoms with E-state index in [-0.39, 0.29) is 6.03 Å². The van der Waals surface area contributed by atoms with Gasteiger partial charge in [-0.2, -0.15) is 0 Å². The number of rotatable bonds is 4. The molecule has 0 unspecified atom stereocenters. The van der Waals surface area contributed by atoms with E-state index in [0.717, 1.165) is 31.7 Å². The van der Waals surface area contributed by atoms with E-state index in [9.17, 15) is 4.79 Å². The molecule has 1 N–H and O–H groups in total. The number of carbonyl (C=O) groups excluding carboxylic acids is 1. The highest BCUT2D eigenvalue weighted by molar-refractivity contribution is 5.75. The Labute approximate surface area is 119 Å². The van der Waals surface area contributed by atoms with Gasteiger partial charge >= 0.3 is 6.03 Å². The smallest absolute Gasteiger partial charge is 0.317 e. The molecule has 5 nitrogen and oxygen atoms in total. The lowest BCUT2D eigenvalue weighted by atomic mass is 10.0. The largest absolute Gasteiger partial charge is 0.492 e. The summed E-state index contributed by atoms with van der Waals surface area (Å²) in [6, 6.07) is 4.25. The van der Waals surface area contributed by atoms with Crippen LogP contribution in [0.4, 0.5) is 4.79 Å². The Bertz CT molecular complexity index is 440. The van der Waals surface area contributed by atoms with Crippen molar-refractivity contribution >= 4 is 6.03 Å². The molecule has 0 aromatic carbocycles. The second-order valence-corrected chi connectivity index (χ2v) is 5.70. The first kappa shape index (κ1) is 13.2. The van der Waals surface area contributed by atoms with Gasteiger partial charge in [-0.1, -0.05) is 12.8 Å². The van der Waals surface area contributed by atoms with Gasteiger partial charge < -0.3 is 15.0 Å². The molecule has 0 spiro atoms. The molecule has 1 aromatic rings. The number of likely N-dealkylation sites (tertiary alicyclic amines) is 1. The first-order valence-corrected chi connectivity index (χ1v) is 7.39. The monoisotopic (exact) mass is 275 g/mol. The minimum Gasteiger partial charge on any atom is -0.492 e. The Kier molecular flexibility index (Phi) is 4.04. The van der Waals surface area contributed by atoms with E-state index in [1.54, 1.807) is 12.4 Å². The number of hydrogen-bond acceptors (Lipinski definition) is 3. The van der Waals surface area contributed by atoms with Crippen LogP contribution in [-0.2, 0) is 0 Å². The number of ether oxygens (including phenoxy) is 1. The van der Waals surface area contributed by atoms with Crippen LogP contribution < -0.4 is 10.1 Å². The second-order valence-electron chi connectivity index (χ2n) is 5.70. The normalized spacial score (nSPS) is 19.7. The number of amides is 2. The summed E-state index contributed by atoms with van der Waals surface area (Å²) in [5, 5.41) is 3.11. The van der Waals surface area contributed by atoms with Crippen LogP contribution >= 0.6 is 0 Å². The summed E-state index contributed by atoms with van der Waals surface area (Å²) in [6.07, 6.45) is 8.19. The van der Waals surface area contributed by atoms with Crippen molar-refractivity contribution in [2.24, 2.45) is 5.92 Å². The van der Waals surface area contributed by atoms with Crippen LogP contribution in [0.25, 0.3) is 0 Å². The summed E-state index contributed by atoms with van der Waals surface area (Å²) in [5.41, 5.74) is 0. The van der Waals surface area contributed by atoms with Gasteiger partial charge in [0.2, 0.25) is 0 Å². The quantitative estimate of drug-likeness (QED) is 0.915. The van der Waals surface area contributed by atoms with Gasteiger partial charge in [0.05, 0.1) is 12.8 Å². The molecule has 0 bridgehead atoms. The summed E-state index contributed by atoms with van der Waals surface area (Å²) >= 11 is 0. The van der Waals surface area contributed by atoms with Crippen LogP contribution in [-0.4, -0.2) is 41.7 Å². The Morgan fingerprint density at radius 1 is 1.40 bits per heavy atom. The third kappa shape index (κ3) is 3.21. The van der Waals surface area contributed by atoms with E-state index < -0.39 is 0 Å². The van der Waals surface area contributed by atoms with Gasteiger partial charge in [0.1, 0.15) is 5.75 Å². The first-order chi connectivity index (χ1) is 9.81. The number of hydrogen-bond donors (Lipinski definition) is 1. The van der Waals surface area contributed by atoms with Crippen molar-refractivity contribution in [1.29, 1.82) is 0 Å². The molecule has 1 saturated heterocycles. The maximum absolute atomic E-state index is 12.0. The van der Waals surface area contributed by atoms with Crippen molar-refractivity contribution in [3.63, 3.8) is 0 Å². The van der Waals surface area contributed by atoms with Crippen molar-refractivity contribution in [2.45, 2.75) is 31.7 Å². The van der Waals surface area contributed by atoms with Gasteiger partial charge in [-0.25, -0.2) is 4.79 Å². The van der Waals surface area contributed by atoms with Crippen molar-refractivity contribution in [3.05, 3.63) is 24.5 Å². The van der Waals surface area contributed by atoms with E-state index >= 15 is 0 Å². The lowest BCUT2D eigenvalue weighted by molar-refractivity contribution is 0.0841. The van der Waals surface area contributed by atoms with E-state index in [2.05, 4.69) is 10.3 Å². The van der Waals surface area contributed by atoms with Crippen molar-refractivity contribution in [3.8, 4) is 5.75 Å². The Balaban J connectivity index is 1.35. The zero-order valence-corrected chi connectivity index (χ0v) is 11.6. The summed E-state index contributed by atoms with van der Waals surface area (Å²) in [5.74, 6) is 1.23. The number of carbonyl (C=O) groups is 1. The predicted octanol–water partition coefficient (Wildman–Crippen LogP) is 2.04. The summed E-state index contributed by atoms with van der Waals surface area (Å²) in [6.45, 7) is 2.23. The molecule has 2 aliphatic rings. The highest BCUT2D eigenvalue weighted by atomic mass is 16.5. The number of nitrogens with one attached hydrogen (secondary N) is 1. The van der Waals surface area contributed by atoms with Gasteiger partial charge in [-0.05, 0) is 25.0 Å². The number of nitrogens with zero attached hydrogens (tertiary/aromatic N) is 2. The molecule has 1 aromatic heterocycles. The molecule has 5 heteroatoms. The number of aromatic nitrogens is 1. The maximum Gasteiger partial charge on any atom is 0.317 e. The van der Waals surface area contributed by atoms with E-state index in [1.165, 1.54) is 12.8 Å². The van der Waals surface area contributed by atoms with Crippen LogP contribution in [0.3, 0.4) is 0 Å². The SMILES string of the molecule is O=C(NC1CCCC1)N1CC(COc2cccnc2)C1. The molecule has 108 valence electrons. The highest BCUT2D eigenvalue weighted by Gasteiger charge is 2.32. The molecular weight excluding hydrogens is 254 g/mol. The van der Waals surface area contributed by atoms with Crippen LogP contribution in [0.15, 0.2) is 24.5 Å². The maximum atomic E-state index is 12.0. The summed E-state index contributed by atoms with van der Waals surface area (Å²) < 4.78 is 5.65. The van der Waals surface area contributed by atoms with Gasteiger partial charge in [0.15, 0.2) is 0 Å². The molecule has 0 radical (unpaired) electrons. The topological polar surface area (TPSA) is 54.5 Å². The van der Waals surface area contributed by atoms with E-state index in [1.807, 2.05) is 17.0 Å².